The number of anilines is 1. The number of nitrogens with zero attached hydrogens (tertiary/aromatic N) is 2. The summed E-state index contributed by atoms with van der Waals surface area (Å²) >= 11 is 1.32. The van der Waals surface area contributed by atoms with Gasteiger partial charge in [0.1, 0.15) is 11.4 Å². The van der Waals surface area contributed by atoms with Crippen molar-refractivity contribution in [2.24, 2.45) is 5.73 Å². The topological polar surface area (TPSA) is 94.9 Å². The van der Waals surface area contributed by atoms with Crippen LogP contribution in [-0.2, 0) is 0 Å². The van der Waals surface area contributed by atoms with Gasteiger partial charge in [-0.15, -0.1) is 0 Å². The summed E-state index contributed by atoms with van der Waals surface area (Å²) < 4.78 is 0. The Morgan fingerprint density at radius 2 is 2.12 bits per heavy atom. The Morgan fingerprint density at radius 3 is 2.76 bits per heavy atom. The highest BCUT2D eigenvalue weighted by molar-refractivity contribution is 7.99. The number of hydrogen-bond donors (Lipinski definition) is 2. The molecule has 0 saturated heterocycles. The average Bonchev–Trinajstić information content (AvgIpc) is 2.30. The molecule has 0 bridgehead atoms. The van der Waals surface area contributed by atoms with Crippen LogP contribution < -0.4 is 11.5 Å². The molecule has 0 spiro atoms. The van der Waals surface area contributed by atoms with E-state index in [9.17, 15) is 4.79 Å². The number of nitrogen functional groups attached to an aromatic ring is 1. The number of carbonyl (C=O) groups is 1. The third kappa shape index (κ3) is 2.73. The fraction of sp³-hybridized carbons (Fsp3) is 0. The number of hydrogen-bond acceptors (Lipinski definition) is 5. The highest BCUT2D eigenvalue weighted by Crippen LogP contribution is 2.30. The van der Waals surface area contributed by atoms with E-state index >= 15 is 0 Å². The summed E-state index contributed by atoms with van der Waals surface area (Å²) in [5, 5.41) is 0.730. The third-order valence-electron chi connectivity index (χ3n) is 2.04. The van der Waals surface area contributed by atoms with E-state index < -0.39 is 5.91 Å². The number of primary amides is 1. The van der Waals surface area contributed by atoms with Crippen LogP contribution in [0, 0.1) is 0 Å². The first-order chi connectivity index (χ1) is 8.16. The molecule has 6 heteroatoms. The highest BCUT2D eigenvalue weighted by atomic mass is 32.2. The van der Waals surface area contributed by atoms with Gasteiger partial charge in [0, 0.05) is 16.8 Å². The van der Waals surface area contributed by atoms with E-state index in [1.54, 1.807) is 30.5 Å². The van der Waals surface area contributed by atoms with Crippen molar-refractivity contribution < 1.29 is 4.79 Å². The first-order valence-electron chi connectivity index (χ1n) is 4.80. The van der Waals surface area contributed by atoms with E-state index in [2.05, 4.69) is 9.97 Å². The fourth-order valence-corrected chi connectivity index (χ4v) is 2.21. The molecule has 5 nitrogen and oxygen atoms in total. The van der Waals surface area contributed by atoms with E-state index in [4.69, 9.17) is 11.5 Å². The summed E-state index contributed by atoms with van der Waals surface area (Å²) in [5.74, 6) is -0.485. The standard InChI is InChI=1S/C11H10N4OS/c12-7-1-2-8(11(13)16)9(5-7)17-10-3-4-14-6-15-10/h1-6H,12H2,(H2,13,16). The largest absolute Gasteiger partial charge is 0.399 e. The van der Waals surface area contributed by atoms with Crippen LogP contribution in [0.15, 0.2) is 46.7 Å². The first-order valence-corrected chi connectivity index (χ1v) is 5.61. The van der Waals surface area contributed by atoms with Gasteiger partial charge in [-0.25, -0.2) is 9.97 Å². The van der Waals surface area contributed by atoms with Crippen LogP contribution >= 0.6 is 11.8 Å². The van der Waals surface area contributed by atoms with Gasteiger partial charge in [0.25, 0.3) is 0 Å². The predicted molar refractivity (Wildman–Crippen MR) is 65.5 cm³/mol. The Balaban J connectivity index is 2.37. The van der Waals surface area contributed by atoms with Crippen LogP contribution in [-0.4, -0.2) is 15.9 Å². The highest BCUT2D eigenvalue weighted by Gasteiger charge is 2.10. The Hall–Kier alpha value is -2.08. The van der Waals surface area contributed by atoms with Gasteiger partial charge in [0.2, 0.25) is 5.91 Å². The van der Waals surface area contributed by atoms with Gasteiger partial charge in [-0.3, -0.25) is 4.79 Å². The monoisotopic (exact) mass is 246 g/mol. The fourth-order valence-electron chi connectivity index (χ4n) is 1.28. The maximum absolute atomic E-state index is 11.3. The Morgan fingerprint density at radius 1 is 1.29 bits per heavy atom. The maximum Gasteiger partial charge on any atom is 0.249 e. The molecule has 1 aromatic carbocycles. The van der Waals surface area contributed by atoms with Gasteiger partial charge in [-0.1, -0.05) is 11.8 Å². The van der Waals surface area contributed by atoms with Gasteiger partial charge in [0.05, 0.1) is 5.56 Å². The molecule has 0 aliphatic heterocycles. The average molecular weight is 246 g/mol. The van der Waals surface area contributed by atoms with E-state index in [0.717, 1.165) is 5.03 Å². The molecule has 2 aromatic rings. The summed E-state index contributed by atoms with van der Waals surface area (Å²) in [7, 11) is 0. The number of rotatable bonds is 3. The van der Waals surface area contributed by atoms with Gasteiger partial charge >= 0.3 is 0 Å². The van der Waals surface area contributed by atoms with Gasteiger partial charge < -0.3 is 11.5 Å². The van der Waals surface area contributed by atoms with E-state index in [1.165, 1.54) is 18.1 Å². The zero-order valence-electron chi connectivity index (χ0n) is 8.83. The van der Waals surface area contributed by atoms with Crippen molar-refractivity contribution in [1.29, 1.82) is 0 Å². The van der Waals surface area contributed by atoms with E-state index in [1.807, 2.05) is 0 Å². The van der Waals surface area contributed by atoms with E-state index in [-0.39, 0.29) is 0 Å². The summed E-state index contributed by atoms with van der Waals surface area (Å²) in [4.78, 5) is 19.8. The van der Waals surface area contributed by atoms with Crippen molar-refractivity contribution in [3.63, 3.8) is 0 Å². The second-order valence-electron chi connectivity index (χ2n) is 3.27. The molecule has 0 radical (unpaired) electrons. The molecule has 0 unspecified atom stereocenters. The third-order valence-corrected chi connectivity index (χ3v) is 3.05. The lowest BCUT2D eigenvalue weighted by Gasteiger charge is -2.06. The SMILES string of the molecule is NC(=O)c1ccc(N)cc1Sc1ccncn1. The van der Waals surface area contributed by atoms with Crippen molar-refractivity contribution in [1.82, 2.24) is 9.97 Å². The second-order valence-corrected chi connectivity index (χ2v) is 4.33. The van der Waals surface area contributed by atoms with Crippen LogP contribution in [0.3, 0.4) is 0 Å². The first kappa shape index (κ1) is 11.4. The minimum atomic E-state index is -0.485. The number of carbonyl (C=O) groups excluding carboxylic acids is 1. The number of aromatic nitrogens is 2. The molecule has 0 saturated carbocycles. The molecule has 1 amide bonds. The molecule has 0 aliphatic rings. The summed E-state index contributed by atoms with van der Waals surface area (Å²) in [5.41, 5.74) is 12.0. The quantitative estimate of drug-likeness (QED) is 0.629. The summed E-state index contributed by atoms with van der Waals surface area (Å²) in [6.45, 7) is 0. The lowest BCUT2D eigenvalue weighted by molar-refractivity contribution is 0.0997. The molecule has 0 atom stereocenters. The lowest BCUT2D eigenvalue weighted by Crippen LogP contribution is -2.12. The molecule has 0 aliphatic carbocycles. The van der Waals surface area contributed by atoms with Crippen LogP contribution in [0.25, 0.3) is 0 Å². The molecule has 2 rings (SSSR count). The van der Waals surface area contributed by atoms with Crippen LogP contribution in [0.4, 0.5) is 5.69 Å². The van der Waals surface area contributed by atoms with Gasteiger partial charge in [-0.05, 0) is 24.3 Å². The Bertz CT molecular complexity index is 544. The van der Waals surface area contributed by atoms with Crippen LogP contribution in [0.2, 0.25) is 0 Å². The maximum atomic E-state index is 11.3. The number of amides is 1. The summed E-state index contributed by atoms with van der Waals surface area (Å²) in [6, 6.07) is 6.71. The zero-order valence-corrected chi connectivity index (χ0v) is 9.65. The van der Waals surface area contributed by atoms with Crippen molar-refractivity contribution in [3.8, 4) is 0 Å². The molecule has 17 heavy (non-hydrogen) atoms. The zero-order chi connectivity index (χ0) is 12.3. The Labute approximate surface area is 102 Å². The van der Waals surface area contributed by atoms with Crippen LogP contribution in [0.5, 0.6) is 0 Å². The molecule has 86 valence electrons. The predicted octanol–water partition coefficient (Wildman–Crippen LogP) is 1.31. The number of nitrogens with two attached hydrogens (primary N) is 2. The van der Waals surface area contributed by atoms with Gasteiger partial charge in [0.15, 0.2) is 0 Å². The minimum Gasteiger partial charge on any atom is -0.399 e. The second kappa shape index (κ2) is 4.84. The minimum absolute atomic E-state index is 0.433. The normalized spacial score (nSPS) is 10.1. The molecule has 4 N–H and O–H groups in total. The molecule has 1 aromatic heterocycles. The summed E-state index contributed by atoms with van der Waals surface area (Å²) in [6.07, 6.45) is 3.07. The lowest BCUT2D eigenvalue weighted by atomic mass is 10.2. The van der Waals surface area contributed by atoms with Crippen molar-refractivity contribution in [3.05, 3.63) is 42.4 Å². The molecular weight excluding hydrogens is 236 g/mol. The van der Waals surface area contributed by atoms with Crippen molar-refractivity contribution >= 4 is 23.4 Å². The molecule has 1 heterocycles. The Kier molecular flexibility index (Phi) is 3.24. The number of benzene rings is 1. The van der Waals surface area contributed by atoms with E-state index in [0.29, 0.717) is 16.1 Å². The van der Waals surface area contributed by atoms with Crippen molar-refractivity contribution in [2.75, 3.05) is 5.73 Å². The smallest absolute Gasteiger partial charge is 0.249 e. The van der Waals surface area contributed by atoms with Gasteiger partial charge in [-0.2, -0.15) is 0 Å². The van der Waals surface area contributed by atoms with Crippen LogP contribution in [0.1, 0.15) is 10.4 Å². The molecular formula is C11H10N4OS. The molecule has 0 fully saturated rings. The van der Waals surface area contributed by atoms with Crippen molar-refractivity contribution in [2.45, 2.75) is 9.92 Å².